The molecule has 0 radical (unpaired) electrons. The van der Waals surface area contributed by atoms with E-state index >= 15 is 0 Å². The first-order valence-corrected chi connectivity index (χ1v) is 5.02. The minimum Gasteiger partial charge on any atom is -0.411 e. The molecule has 1 aromatic carbocycles. The minimum atomic E-state index is -0.509. The van der Waals surface area contributed by atoms with Crippen LogP contribution in [0.25, 0.3) is 0 Å². The highest BCUT2D eigenvalue weighted by molar-refractivity contribution is 14.1. The van der Waals surface area contributed by atoms with E-state index in [2.05, 4.69) is 33.1 Å². The predicted octanol–water partition coefficient (Wildman–Crippen LogP) is 2.34. The number of carbonyl (C=O) groups is 1. The van der Waals surface area contributed by atoms with Crippen LogP contribution in [0.5, 0.6) is 0 Å². The van der Waals surface area contributed by atoms with Crippen LogP contribution in [-0.2, 0) is 4.79 Å². The van der Waals surface area contributed by atoms with E-state index in [0.29, 0.717) is 10.7 Å². The Morgan fingerprint density at radius 1 is 1.57 bits per heavy atom. The monoisotopic (exact) mass is 324 g/mol. The van der Waals surface area contributed by atoms with Gasteiger partial charge in [0.25, 0.3) is 5.91 Å². The average molecular weight is 325 g/mol. The van der Waals surface area contributed by atoms with Crippen LogP contribution in [0.1, 0.15) is 0 Å². The molecule has 0 aliphatic rings. The molecule has 0 saturated heterocycles. The zero-order chi connectivity index (χ0) is 10.6. The van der Waals surface area contributed by atoms with Crippen molar-refractivity contribution in [3.05, 3.63) is 26.8 Å². The number of nitrogens with one attached hydrogen (secondary N) is 1. The van der Waals surface area contributed by atoms with E-state index in [4.69, 9.17) is 16.8 Å². The number of oxime groups is 1. The highest BCUT2D eigenvalue weighted by Gasteiger charge is 2.01. The maximum Gasteiger partial charge on any atom is 0.270 e. The third-order valence-electron chi connectivity index (χ3n) is 1.31. The summed E-state index contributed by atoms with van der Waals surface area (Å²) in [5, 5.41) is 13.7. The summed E-state index contributed by atoms with van der Waals surface area (Å²) in [5.41, 5.74) is 0.562. The van der Waals surface area contributed by atoms with Crippen molar-refractivity contribution in [3.8, 4) is 0 Å². The van der Waals surface area contributed by atoms with Gasteiger partial charge in [0.05, 0.1) is 0 Å². The molecule has 1 aromatic rings. The summed E-state index contributed by atoms with van der Waals surface area (Å²) in [6.07, 6.45) is 0.772. The molecule has 4 nitrogen and oxygen atoms in total. The summed E-state index contributed by atoms with van der Waals surface area (Å²) >= 11 is 7.85. The lowest BCUT2D eigenvalue weighted by Crippen LogP contribution is -2.12. The van der Waals surface area contributed by atoms with Crippen molar-refractivity contribution >= 4 is 52.0 Å². The Hall–Kier alpha value is -0.820. The average Bonchev–Trinajstić information content (AvgIpc) is 2.01. The van der Waals surface area contributed by atoms with Crippen molar-refractivity contribution in [2.45, 2.75) is 0 Å². The molecule has 74 valence electrons. The molecule has 0 aromatic heterocycles. The Morgan fingerprint density at radius 2 is 2.29 bits per heavy atom. The molecule has 1 rings (SSSR count). The highest BCUT2D eigenvalue weighted by atomic mass is 127. The Kier molecular flexibility index (Phi) is 4.15. The number of anilines is 1. The molecule has 14 heavy (non-hydrogen) atoms. The molecule has 1 amide bonds. The highest BCUT2D eigenvalue weighted by Crippen LogP contribution is 2.19. The minimum absolute atomic E-state index is 0.509. The van der Waals surface area contributed by atoms with Gasteiger partial charge in [-0.2, -0.15) is 0 Å². The molecule has 2 N–H and O–H groups in total. The Bertz CT molecular complexity index is 361. The van der Waals surface area contributed by atoms with Crippen LogP contribution >= 0.6 is 34.2 Å². The number of benzene rings is 1. The fourth-order valence-corrected chi connectivity index (χ4v) is 1.94. The number of nitrogens with zero attached hydrogens (tertiary/aromatic N) is 1. The van der Waals surface area contributed by atoms with Gasteiger partial charge in [0.15, 0.2) is 0 Å². The number of halogens is 2. The molecule has 0 atom stereocenters. The third kappa shape index (κ3) is 3.51. The van der Waals surface area contributed by atoms with Crippen molar-refractivity contribution < 1.29 is 10.0 Å². The maximum absolute atomic E-state index is 11.0. The van der Waals surface area contributed by atoms with Crippen molar-refractivity contribution in [2.75, 3.05) is 5.32 Å². The summed E-state index contributed by atoms with van der Waals surface area (Å²) in [5.74, 6) is -0.509. The fraction of sp³-hybridized carbons (Fsp3) is 0. The van der Waals surface area contributed by atoms with E-state index in [-0.39, 0.29) is 0 Å². The van der Waals surface area contributed by atoms with Gasteiger partial charge < -0.3 is 10.5 Å². The first kappa shape index (κ1) is 11.3. The van der Waals surface area contributed by atoms with E-state index in [0.717, 1.165) is 9.78 Å². The zero-order valence-corrected chi connectivity index (χ0v) is 9.78. The molecule has 0 fully saturated rings. The van der Waals surface area contributed by atoms with E-state index < -0.39 is 5.91 Å². The van der Waals surface area contributed by atoms with Crippen LogP contribution in [0.15, 0.2) is 23.4 Å². The third-order valence-corrected chi connectivity index (χ3v) is 2.15. The van der Waals surface area contributed by atoms with Crippen molar-refractivity contribution in [1.29, 1.82) is 0 Å². The number of hydrogen-bond donors (Lipinski definition) is 2. The first-order valence-electron chi connectivity index (χ1n) is 3.56. The maximum atomic E-state index is 11.0. The lowest BCUT2D eigenvalue weighted by atomic mass is 10.3. The number of rotatable bonds is 2. The van der Waals surface area contributed by atoms with E-state index in [1.165, 1.54) is 0 Å². The van der Waals surface area contributed by atoms with Crippen molar-refractivity contribution in [2.24, 2.45) is 5.16 Å². The molecule has 0 saturated carbocycles. The smallest absolute Gasteiger partial charge is 0.270 e. The van der Waals surface area contributed by atoms with Crippen LogP contribution in [-0.4, -0.2) is 17.3 Å². The van der Waals surface area contributed by atoms with Gasteiger partial charge in [-0.3, -0.25) is 4.79 Å². The van der Waals surface area contributed by atoms with Crippen molar-refractivity contribution in [1.82, 2.24) is 0 Å². The van der Waals surface area contributed by atoms with Crippen molar-refractivity contribution in [3.63, 3.8) is 0 Å². The molecular weight excluding hydrogens is 318 g/mol. The summed E-state index contributed by atoms with van der Waals surface area (Å²) < 4.78 is 0.909. The lowest BCUT2D eigenvalue weighted by Gasteiger charge is -2.02. The molecule has 0 aliphatic heterocycles. The fourth-order valence-electron chi connectivity index (χ4n) is 0.853. The molecule has 0 unspecified atom stereocenters. The summed E-state index contributed by atoms with van der Waals surface area (Å²) in [6.45, 7) is 0. The van der Waals surface area contributed by atoms with Gasteiger partial charge in [-0.05, 0) is 40.8 Å². The molecular formula is C8H6ClIN2O2. The zero-order valence-electron chi connectivity index (χ0n) is 6.87. The van der Waals surface area contributed by atoms with Gasteiger partial charge in [-0.15, -0.1) is 0 Å². The predicted molar refractivity (Wildman–Crippen MR) is 63.1 cm³/mol. The second-order valence-electron chi connectivity index (χ2n) is 2.39. The number of carbonyl (C=O) groups excluding carboxylic acids is 1. The Morgan fingerprint density at radius 3 is 2.86 bits per heavy atom. The van der Waals surface area contributed by atoms with E-state index in [9.17, 15) is 4.79 Å². The number of hydrogen-bond acceptors (Lipinski definition) is 3. The van der Waals surface area contributed by atoms with Crippen LogP contribution in [0.3, 0.4) is 0 Å². The van der Waals surface area contributed by atoms with Crippen LogP contribution in [0, 0.1) is 3.57 Å². The quantitative estimate of drug-likeness (QED) is 0.380. The van der Waals surface area contributed by atoms with Crippen LogP contribution in [0.2, 0.25) is 5.02 Å². The van der Waals surface area contributed by atoms with Gasteiger partial charge in [0.2, 0.25) is 0 Å². The first-order chi connectivity index (χ1) is 6.61. The van der Waals surface area contributed by atoms with Gasteiger partial charge in [0.1, 0.15) is 6.21 Å². The Labute approximate surface area is 99.1 Å². The summed E-state index contributed by atoms with van der Waals surface area (Å²) in [7, 11) is 0. The van der Waals surface area contributed by atoms with E-state index in [1.54, 1.807) is 18.2 Å². The van der Waals surface area contributed by atoms with Gasteiger partial charge in [0, 0.05) is 14.3 Å². The standard InChI is InChI=1S/C8H6ClIN2O2/c9-5-1-6(10)3-7(2-5)12-8(13)4-11-14/h1-4,14H,(H,12,13)/b11-4-. The van der Waals surface area contributed by atoms with Crippen LogP contribution in [0.4, 0.5) is 5.69 Å². The van der Waals surface area contributed by atoms with Gasteiger partial charge in [-0.25, -0.2) is 0 Å². The SMILES string of the molecule is O=C(/C=N\O)Nc1cc(Cl)cc(I)c1. The molecule has 0 aliphatic carbocycles. The largest absolute Gasteiger partial charge is 0.411 e. The van der Waals surface area contributed by atoms with E-state index in [1.807, 2.05) is 0 Å². The molecule has 0 spiro atoms. The lowest BCUT2D eigenvalue weighted by molar-refractivity contribution is -0.110. The summed E-state index contributed by atoms with van der Waals surface area (Å²) in [4.78, 5) is 11.0. The number of amides is 1. The topological polar surface area (TPSA) is 61.7 Å². The van der Waals surface area contributed by atoms with Gasteiger partial charge >= 0.3 is 0 Å². The molecule has 0 heterocycles. The van der Waals surface area contributed by atoms with Crippen LogP contribution < -0.4 is 5.32 Å². The second-order valence-corrected chi connectivity index (χ2v) is 4.07. The van der Waals surface area contributed by atoms with Gasteiger partial charge in [-0.1, -0.05) is 16.8 Å². The normalized spacial score (nSPS) is 10.4. The summed E-state index contributed by atoms with van der Waals surface area (Å²) in [6, 6.07) is 5.11. The second kappa shape index (κ2) is 5.16. The molecule has 6 heteroatoms. The Balaban J connectivity index is 2.81. The molecule has 0 bridgehead atoms.